The van der Waals surface area contributed by atoms with Crippen LogP contribution in [0.1, 0.15) is 5.69 Å². The highest BCUT2D eigenvalue weighted by atomic mass is 32.2. The molecule has 0 unspecified atom stereocenters. The van der Waals surface area contributed by atoms with Gasteiger partial charge >= 0.3 is 12.1 Å². The van der Waals surface area contributed by atoms with Crippen LogP contribution in [0.25, 0.3) is 16.9 Å². The van der Waals surface area contributed by atoms with Gasteiger partial charge in [-0.15, -0.1) is 0 Å². The monoisotopic (exact) mass is 469 g/mol. The maximum absolute atomic E-state index is 13.3. The van der Waals surface area contributed by atoms with E-state index in [2.05, 4.69) is 14.6 Å². The lowest BCUT2D eigenvalue weighted by Gasteiger charge is -2.10. The summed E-state index contributed by atoms with van der Waals surface area (Å²) in [5.74, 6) is -0.240. The van der Waals surface area contributed by atoms with E-state index >= 15 is 0 Å². The Kier molecular flexibility index (Phi) is 6.55. The molecule has 2 aromatic carbocycles. The number of aromatic nitrogens is 2. The summed E-state index contributed by atoms with van der Waals surface area (Å²) in [5.41, 5.74) is -0.289. The largest absolute Gasteiger partial charge is 0.497 e. The van der Waals surface area contributed by atoms with Crippen LogP contribution in [0.2, 0.25) is 0 Å². The minimum Gasteiger partial charge on any atom is -0.497 e. The molecule has 0 atom stereocenters. The minimum absolute atomic E-state index is 0.152. The lowest BCUT2D eigenvalue weighted by atomic mass is 10.1. The van der Waals surface area contributed by atoms with Gasteiger partial charge in [-0.3, -0.25) is 4.79 Å². The zero-order valence-corrected chi connectivity index (χ0v) is 17.7. The number of nitrogens with zero attached hydrogens (tertiary/aromatic N) is 2. The highest BCUT2D eigenvalue weighted by molar-refractivity contribution is 7.89. The van der Waals surface area contributed by atoms with Gasteiger partial charge in [0.1, 0.15) is 12.3 Å². The molecule has 8 nitrogen and oxygen atoms in total. The molecule has 32 heavy (non-hydrogen) atoms. The number of nitrogens with one attached hydrogen (secondary N) is 1. The second-order valence-corrected chi connectivity index (χ2v) is 8.21. The number of alkyl halides is 3. The average Bonchev–Trinajstić information content (AvgIpc) is 3.24. The molecule has 0 aliphatic rings. The normalized spacial score (nSPS) is 11.9. The van der Waals surface area contributed by atoms with Crippen LogP contribution < -0.4 is 9.46 Å². The van der Waals surface area contributed by atoms with Gasteiger partial charge in [-0.05, 0) is 54.6 Å². The van der Waals surface area contributed by atoms with Crippen LogP contribution in [0.3, 0.4) is 0 Å². The van der Waals surface area contributed by atoms with E-state index in [1.54, 1.807) is 24.3 Å². The number of sulfonamides is 1. The molecule has 0 saturated heterocycles. The third-order valence-electron chi connectivity index (χ3n) is 4.41. The molecule has 0 aliphatic carbocycles. The van der Waals surface area contributed by atoms with Crippen LogP contribution in [0.5, 0.6) is 5.75 Å². The first-order valence-electron chi connectivity index (χ1n) is 9.04. The van der Waals surface area contributed by atoms with Gasteiger partial charge in [0.2, 0.25) is 10.0 Å². The molecule has 12 heteroatoms. The molecule has 0 radical (unpaired) electrons. The van der Waals surface area contributed by atoms with Gasteiger partial charge in [-0.1, -0.05) is 0 Å². The quantitative estimate of drug-likeness (QED) is 0.534. The first-order chi connectivity index (χ1) is 15.0. The van der Waals surface area contributed by atoms with E-state index in [9.17, 15) is 26.4 Å². The Morgan fingerprint density at radius 2 is 1.69 bits per heavy atom. The number of methoxy groups -OCH3 is 2. The van der Waals surface area contributed by atoms with Crippen LogP contribution in [0, 0.1) is 0 Å². The van der Waals surface area contributed by atoms with Gasteiger partial charge in [0.05, 0.1) is 30.5 Å². The summed E-state index contributed by atoms with van der Waals surface area (Å²) in [4.78, 5) is 11.0. The molecule has 1 N–H and O–H groups in total. The lowest BCUT2D eigenvalue weighted by Crippen LogP contribution is -2.30. The number of hydrogen-bond donors (Lipinski definition) is 1. The van der Waals surface area contributed by atoms with Crippen LogP contribution in [-0.2, 0) is 25.7 Å². The van der Waals surface area contributed by atoms with Gasteiger partial charge in [-0.25, -0.2) is 13.1 Å². The van der Waals surface area contributed by atoms with E-state index < -0.39 is 34.4 Å². The third-order valence-corrected chi connectivity index (χ3v) is 5.83. The van der Waals surface area contributed by atoms with E-state index in [0.717, 1.165) is 17.9 Å². The number of carbonyl (C=O) groups excluding carboxylic acids is 1. The van der Waals surface area contributed by atoms with Gasteiger partial charge in [0.15, 0.2) is 5.69 Å². The molecule has 0 bridgehead atoms. The second kappa shape index (κ2) is 9.01. The van der Waals surface area contributed by atoms with Crippen molar-refractivity contribution >= 4 is 16.0 Å². The Hall–Kier alpha value is -3.38. The fourth-order valence-corrected chi connectivity index (χ4v) is 3.73. The van der Waals surface area contributed by atoms with Crippen molar-refractivity contribution < 1.29 is 35.9 Å². The number of esters is 1. The number of hydrogen-bond acceptors (Lipinski definition) is 6. The highest BCUT2D eigenvalue weighted by Gasteiger charge is 2.35. The maximum atomic E-state index is 13.3. The molecule has 3 aromatic rings. The van der Waals surface area contributed by atoms with E-state index in [4.69, 9.17) is 4.74 Å². The number of ether oxygens (including phenoxy) is 2. The Morgan fingerprint density at radius 1 is 1.06 bits per heavy atom. The summed E-state index contributed by atoms with van der Waals surface area (Å²) in [5, 5.41) is 3.67. The molecule has 1 aromatic heterocycles. The van der Waals surface area contributed by atoms with Gasteiger partial charge in [0.25, 0.3) is 0 Å². The topological polar surface area (TPSA) is 99.5 Å². The molecule has 1 heterocycles. The number of benzene rings is 2. The summed E-state index contributed by atoms with van der Waals surface area (Å²) in [6, 6.07) is 12.3. The van der Waals surface area contributed by atoms with Crippen molar-refractivity contribution in [1.82, 2.24) is 14.5 Å². The van der Waals surface area contributed by atoms with Crippen molar-refractivity contribution in [2.75, 3.05) is 20.8 Å². The average molecular weight is 469 g/mol. The summed E-state index contributed by atoms with van der Waals surface area (Å²) < 4.78 is 77.1. The fraction of sp³-hybridized carbons (Fsp3) is 0.200. The van der Waals surface area contributed by atoms with Gasteiger partial charge in [-0.2, -0.15) is 23.0 Å². The molecule has 3 rings (SSSR count). The number of halogens is 3. The van der Waals surface area contributed by atoms with Crippen molar-refractivity contribution in [1.29, 1.82) is 0 Å². The van der Waals surface area contributed by atoms with Crippen LogP contribution in [0.4, 0.5) is 13.2 Å². The third kappa shape index (κ3) is 5.08. The van der Waals surface area contributed by atoms with Crippen LogP contribution in [-0.4, -0.2) is 44.9 Å². The predicted molar refractivity (Wildman–Crippen MR) is 108 cm³/mol. The Bertz CT molecular complexity index is 1200. The number of carbonyl (C=O) groups is 1. The standard InChI is InChI=1S/C20H18F3N3O5S/c1-30-15-7-3-13(4-8-15)17-11-18(20(21,22)23)25-26(17)14-5-9-16(10-6-14)32(28,29)24-12-19(27)31-2/h3-11,24H,12H2,1-2H3. The zero-order chi connectivity index (χ0) is 23.5. The van der Waals surface area contributed by atoms with Crippen molar-refractivity contribution in [2.45, 2.75) is 11.1 Å². The first kappa shape index (κ1) is 23.3. The fourth-order valence-electron chi connectivity index (χ4n) is 2.76. The smallest absolute Gasteiger partial charge is 0.435 e. The van der Waals surface area contributed by atoms with E-state index in [0.29, 0.717) is 11.3 Å². The lowest BCUT2D eigenvalue weighted by molar-refractivity contribution is -0.141. The molecule has 0 saturated carbocycles. The maximum Gasteiger partial charge on any atom is 0.435 e. The van der Waals surface area contributed by atoms with Gasteiger partial charge < -0.3 is 9.47 Å². The van der Waals surface area contributed by atoms with Crippen LogP contribution in [0.15, 0.2) is 59.5 Å². The summed E-state index contributed by atoms with van der Waals surface area (Å²) in [6.07, 6.45) is -4.67. The second-order valence-electron chi connectivity index (χ2n) is 6.45. The zero-order valence-electron chi connectivity index (χ0n) is 16.9. The first-order valence-corrected chi connectivity index (χ1v) is 10.5. The summed E-state index contributed by atoms with van der Waals surface area (Å²) in [6.45, 7) is -0.559. The van der Waals surface area contributed by atoms with Crippen molar-refractivity contribution in [3.05, 3.63) is 60.3 Å². The van der Waals surface area contributed by atoms with Crippen LogP contribution >= 0.6 is 0 Å². The van der Waals surface area contributed by atoms with Crippen molar-refractivity contribution in [3.8, 4) is 22.7 Å². The van der Waals surface area contributed by atoms with E-state index in [1.807, 2.05) is 0 Å². The Labute approximate surface area is 181 Å². The molecule has 0 spiro atoms. The van der Waals surface area contributed by atoms with Crippen molar-refractivity contribution in [2.24, 2.45) is 0 Å². The highest BCUT2D eigenvalue weighted by Crippen LogP contribution is 2.33. The SMILES string of the molecule is COC(=O)CNS(=O)(=O)c1ccc(-n2nc(C(F)(F)F)cc2-c2ccc(OC)cc2)cc1. The Balaban J connectivity index is 1.99. The molecule has 170 valence electrons. The number of rotatable bonds is 7. The summed E-state index contributed by atoms with van der Waals surface area (Å²) >= 11 is 0. The Morgan fingerprint density at radius 3 is 2.22 bits per heavy atom. The van der Waals surface area contributed by atoms with E-state index in [-0.39, 0.29) is 16.3 Å². The molecule has 0 amide bonds. The summed E-state index contributed by atoms with van der Waals surface area (Å²) in [7, 11) is -1.44. The minimum atomic E-state index is -4.67. The van der Waals surface area contributed by atoms with Crippen molar-refractivity contribution in [3.63, 3.8) is 0 Å². The van der Waals surface area contributed by atoms with Gasteiger partial charge in [0, 0.05) is 5.56 Å². The van der Waals surface area contributed by atoms with E-state index in [1.165, 1.54) is 31.4 Å². The molecule has 0 fully saturated rings. The molecular formula is C20H18F3N3O5S. The molecular weight excluding hydrogens is 451 g/mol. The molecule has 0 aliphatic heterocycles. The predicted octanol–water partition coefficient (Wildman–Crippen LogP) is 3.02.